The summed E-state index contributed by atoms with van der Waals surface area (Å²) in [5.74, 6) is 2.74. The quantitative estimate of drug-likeness (QED) is 0.679. The first-order chi connectivity index (χ1) is 5.24. The number of nitrogens with one attached hydrogen (secondary N) is 1. The molecule has 0 radical (unpaired) electrons. The van der Waals surface area contributed by atoms with E-state index in [4.69, 9.17) is 0 Å². The molecule has 0 fully saturated rings. The summed E-state index contributed by atoms with van der Waals surface area (Å²) in [5.41, 5.74) is 0. The summed E-state index contributed by atoms with van der Waals surface area (Å²) in [5, 5.41) is 2.73. The van der Waals surface area contributed by atoms with Crippen LogP contribution < -0.4 is 5.32 Å². The SMILES string of the molecule is CCSCC1=NC(C)C(=O)N1. The van der Waals surface area contributed by atoms with Gasteiger partial charge >= 0.3 is 0 Å². The van der Waals surface area contributed by atoms with Crippen LogP contribution in [0.15, 0.2) is 4.99 Å². The second-order valence-electron chi connectivity index (χ2n) is 2.38. The standard InChI is InChI=1S/C7H12N2OS/c1-3-11-4-6-8-5(2)7(10)9-6/h5H,3-4H2,1-2H3,(H,8,9,10). The molecule has 4 heteroatoms. The van der Waals surface area contributed by atoms with Gasteiger partial charge in [-0.05, 0) is 12.7 Å². The van der Waals surface area contributed by atoms with E-state index in [9.17, 15) is 4.79 Å². The Bertz CT molecular complexity index is 191. The molecule has 1 rings (SSSR count). The van der Waals surface area contributed by atoms with E-state index >= 15 is 0 Å². The van der Waals surface area contributed by atoms with Crippen molar-refractivity contribution in [1.82, 2.24) is 5.32 Å². The Kier molecular flexibility index (Phi) is 2.93. The molecule has 1 aliphatic heterocycles. The average Bonchev–Trinajstić information content (AvgIpc) is 2.28. The first-order valence-electron chi connectivity index (χ1n) is 3.69. The lowest BCUT2D eigenvalue weighted by Crippen LogP contribution is -2.28. The minimum absolute atomic E-state index is 0.0247. The van der Waals surface area contributed by atoms with Crippen molar-refractivity contribution in [1.29, 1.82) is 0 Å². The van der Waals surface area contributed by atoms with E-state index in [1.807, 2.05) is 0 Å². The average molecular weight is 172 g/mol. The van der Waals surface area contributed by atoms with E-state index in [1.165, 1.54) is 0 Å². The van der Waals surface area contributed by atoms with Gasteiger partial charge < -0.3 is 5.32 Å². The zero-order valence-electron chi connectivity index (χ0n) is 6.76. The Balaban J connectivity index is 2.37. The molecular weight excluding hydrogens is 160 g/mol. The molecule has 0 aromatic rings. The maximum absolute atomic E-state index is 10.9. The van der Waals surface area contributed by atoms with Crippen molar-refractivity contribution in [2.45, 2.75) is 19.9 Å². The first-order valence-corrected chi connectivity index (χ1v) is 4.84. The molecule has 0 spiro atoms. The smallest absolute Gasteiger partial charge is 0.249 e. The van der Waals surface area contributed by atoms with Crippen LogP contribution in [-0.2, 0) is 4.79 Å². The molecule has 1 amide bonds. The molecule has 1 heterocycles. The summed E-state index contributed by atoms with van der Waals surface area (Å²) < 4.78 is 0. The van der Waals surface area contributed by atoms with E-state index in [2.05, 4.69) is 17.2 Å². The molecule has 1 unspecified atom stereocenters. The number of carbonyl (C=O) groups excluding carboxylic acids is 1. The third-order valence-electron chi connectivity index (χ3n) is 1.44. The molecule has 0 saturated heterocycles. The van der Waals surface area contributed by atoms with Gasteiger partial charge in [0.1, 0.15) is 11.9 Å². The third-order valence-corrected chi connectivity index (χ3v) is 2.33. The molecule has 3 nitrogen and oxygen atoms in total. The fraction of sp³-hybridized carbons (Fsp3) is 0.714. The maximum Gasteiger partial charge on any atom is 0.249 e. The zero-order chi connectivity index (χ0) is 8.27. The monoisotopic (exact) mass is 172 g/mol. The van der Waals surface area contributed by atoms with E-state index in [0.29, 0.717) is 0 Å². The molecule has 62 valence electrons. The van der Waals surface area contributed by atoms with Gasteiger partial charge in [-0.2, -0.15) is 11.8 Å². The van der Waals surface area contributed by atoms with Gasteiger partial charge in [-0.3, -0.25) is 9.79 Å². The lowest BCUT2D eigenvalue weighted by molar-refractivity contribution is -0.119. The van der Waals surface area contributed by atoms with Crippen molar-refractivity contribution in [3.05, 3.63) is 0 Å². The van der Waals surface area contributed by atoms with Gasteiger partial charge in [-0.15, -0.1) is 0 Å². The molecular formula is C7H12N2OS. The number of thioether (sulfide) groups is 1. The molecule has 11 heavy (non-hydrogen) atoms. The molecule has 0 aromatic heterocycles. The number of amides is 1. The van der Waals surface area contributed by atoms with Crippen LogP contribution in [0.4, 0.5) is 0 Å². The lowest BCUT2D eigenvalue weighted by atomic mass is 10.4. The van der Waals surface area contributed by atoms with E-state index in [0.717, 1.165) is 17.3 Å². The van der Waals surface area contributed by atoms with Crippen molar-refractivity contribution in [2.75, 3.05) is 11.5 Å². The Morgan fingerprint density at radius 1 is 1.73 bits per heavy atom. The number of amidine groups is 1. The Hall–Kier alpha value is -0.510. The summed E-state index contributed by atoms with van der Waals surface area (Å²) in [6.45, 7) is 3.89. The van der Waals surface area contributed by atoms with Crippen molar-refractivity contribution in [2.24, 2.45) is 4.99 Å². The second kappa shape index (κ2) is 3.76. The van der Waals surface area contributed by atoms with Crippen LogP contribution in [0.3, 0.4) is 0 Å². The number of nitrogens with zero attached hydrogens (tertiary/aromatic N) is 1. The van der Waals surface area contributed by atoms with Crippen LogP contribution >= 0.6 is 11.8 Å². The fourth-order valence-electron chi connectivity index (χ4n) is 0.843. The van der Waals surface area contributed by atoms with Crippen molar-refractivity contribution in [3.63, 3.8) is 0 Å². The highest BCUT2D eigenvalue weighted by atomic mass is 32.2. The third kappa shape index (κ3) is 2.22. The van der Waals surface area contributed by atoms with Crippen LogP contribution in [0.5, 0.6) is 0 Å². The maximum atomic E-state index is 10.9. The van der Waals surface area contributed by atoms with Gasteiger partial charge in [-0.25, -0.2) is 0 Å². The number of aliphatic imine (C=N–C) groups is 1. The Morgan fingerprint density at radius 3 is 2.91 bits per heavy atom. The predicted octanol–water partition coefficient (Wildman–Crippen LogP) is 0.656. The number of carbonyl (C=O) groups is 1. The fourth-order valence-corrected chi connectivity index (χ4v) is 1.39. The van der Waals surface area contributed by atoms with E-state index in [-0.39, 0.29) is 11.9 Å². The Labute approximate surface area is 70.7 Å². The van der Waals surface area contributed by atoms with Gasteiger partial charge in [0.25, 0.3) is 0 Å². The highest BCUT2D eigenvalue weighted by Gasteiger charge is 2.20. The number of rotatable bonds is 3. The second-order valence-corrected chi connectivity index (χ2v) is 3.65. The Morgan fingerprint density at radius 2 is 2.45 bits per heavy atom. The normalized spacial score (nSPS) is 23.3. The van der Waals surface area contributed by atoms with Crippen LogP contribution in [0.1, 0.15) is 13.8 Å². The summed E-state index contributed by atoms with van der Waals surface area (Å²) in [7, 11) is 0. The van der Waals surface area contributed by atoms with Crippen LogP contribution in [0.2, 0.25) is 0 Å². The minimum atomic E-state index is -0.178. The van der Waals surface area contributed by atoms with E-state index in [1.54, 1.807) is 18.7 Å². The highest BCUT2D eigenvalue weighted by Crippen LogP contribution is 2.04. The first kappa shape index (κ1) is 8.59. The van der Waals surface area contributed by atoms with Crippen molar-refractivity contribution >= 4 is 23.5 Å². The minimum Gasteiger partial charge on any atom is -0.312 e. The summed E-state index contributed by atoms with van der Waals surface area (Å²) in [6, 6.07) is -0.178. The molecule has 0 bridgehead atoms. The van der Waals surface area contributed by atoms with Crippen molar-refractivity contribution < 1.29 is 4.79 Å². The van der Waals surface area contributed by atoms with Crippen molar-refractivity contribution in [3.8, 4) is 0 Å². The predicted molar refractivity (Wildman–Crippen MR) is 48.0 cm³/mol. The lowest BCUT2D eigenvalue weighted by Gasteiger charge is -1.96. The van der Waals surface area contributed by atoms with Gasteiger partial charge in [-0.1, -0.05) is 6.92 Å². The molecule has 1 atom stereocenters. The number of hydrogen-bond donors (Lipinski definition) is 1. The topological polar surface area (TPSA) is 41.5 Å². The van der Waals surface area contributed by atoms with Gasteiger partial charge in [0.05, 0.1) is 5.75 Å². The van der Waals surface area contributed by atoms with Crippen LogP contribution in [0.25, 0.3) is 0 Å². The van der Waals surface area contributed by atoms with Gasteiger partial charge in [0.15, 0.2) is 0 Å². The van der Waals surface area contributed by atoms with Crippen LogP contribution in [-0.4, -0.2) is 29.3 Å². The van der Waals surface area contributed by atoms with Gasteiger partial charge in [0, 0.05) is 0 Å². The summed E-state index contributed by atoms with van der Waals surface area (Å²) in [6.07, 6.45) is 0. The largest absolute Gasteiger partial charge is 0.312 e. The van der Waals surface area contributed by atoms with E-state index < -0.39 is 0 Å². The zero-order valence-corrected chi connectivity index (χ0v) is 7.57. The number of hydrogen-bond acceptors (Lipinski definition) is 3. The summed E-state index contributed by atoms with van der Waals surface area (Å²) >= 11 is 1.76. The summed E-state index contributed by atoms with van der Waals surface area (Å²) in [4.78, 5) is 15.1. The molecule has 1 aliphatic rings. The molecule has 0 aromatic carbocycles. The molecule has 0 saturated carbocycles. The van der Waals surface area contributed by atoms with Gasteiger partial charge in [0.2, 0.25) is 5.91 Å². The highest BCUT2D eigenvalue weighted by molar-refractivity contribution is 7.99. The molecule has 1 N–H and O–H groups in total. The molecule has 0 aliphatic carbocycles. The van der Waals surface area contributed by atoms with Crippen LogP contribution in [0, 0.1) is 0 Å².